The second-order valence-corrected chi connectivity index (χ2v) is 4.58. The summed E-state index contributed by atoms with van der Waals surface area (Å²) < 4.78 is 0. The van der Waals surface area contributed by atoms with Crippen LogP contribution in [-0.2, 0) is 6.54 Å². The van der Waals surface area contributed by atoms with E-state index >= 15 is 0 Å². The maximum atomic E-state index is 8.74. The predicted molar refractivity (Wildman–Crippen MR) is 71.3 cm³/mol. The van der Waals surface area contributed by atoms with Crippen molar-refractivity contribution in [1.29, 1.82) is 0 Å². The largest absolute Gasteiger partial charge is 0.396 e. The zero-order valence-electron chi connectivity index (χ0n) is 10.4. The van der Waals surface area contributed by atoms with Gasteiger partial charge in [-0.05, 0) is 37.4 Å². The van der Waals surface area contributed by atoms with E-state index < -0.39 is 0 Å². The topological polar surface area (TPSA) is 35.5 Å². The molecule has 0 bridgehead atoms. The van der Waals surface area contributed by atoms with E-state index in [2.05, 4.69) is 34.5 Å². The van der Waals surface area contributed by atoms with E-state index in [0.29, 0.717) is 0 Å². The van der Waals surface area contributed by atoms with Crippen molar-refractivity contribution in [3.63, 3.8) is 0 Å². The summed E-state index contributed by atoms with van der Waals surface area (Å²) >= 11 is 0. The minimum Gasteiger partial charge on any atom is -0.396 e. The van der Waals surface area contributed by atoms with Gasteiger partial charge in [-0.15, -0.1) is 0 Å². The van der Waals surface area contributed by atoms with Gasteiger partial charge in [0.05, 0.1) is 0 Å². The number of hydrogen-bond acceptors (Lipinski definition) is 3. The molecule has 0 spiro atoms. The first-order valence-corrected chi connectivity index (χ1v) is 6.56. The molecule has 0 aromatic heterocycles. The lowest BCUT2D eigenvalue weighted by Crippen LogP contribution is -2.22. The average Bonchev–Trinajstić information content (AvgIpc) is 2.89. The van der Waals surface area contributed by atoms with Crippen molar-refractivity contribution in [3.8, 4) is 0 Å². The summed E-state index contributed by atoms with van der Waals surface area (Å²) in [7, 11) is 0. The smallest absolute Gasteiger partial charge is 0.0443 e. The lowest BCUT2D eigenvalue weighted by molar-refractivity contribution is 0.286. The Bertz CT molecular complexity index is 335. The number of nitrogens with zero attached hydrogens (tertiary/aromatic N) is 1. The molecular formula is C14H22N2O. The first-order chi connectivity index (χ1) is 8.42. The first kappa shape index (κ1) is 12.4. The van der Waals surface area contributed by atoms with E-state index in [4.69, 9.17) is 5.11 Å². The third-order valence-electron chi connectivity index (χ3n) is 3.27. The monoisotopic (exact) mass is 234 g/mol. The van der Waals surface area contributed by atoms with Gasteiger partial charge in [0.15, 0.2) is 0 Å². The van der Waals surface area contributed by atoms with E-state index in [-0.39, 0.29) is 6.61 Å². The molecule has 1 aromatic rings. The Labute approximate surface area is 103 Å². The molecule has 1 fully saturated rings. The molecule has 1 aliphatic rings. The molecule has 2 rings (SSSR count). The summed E-state index contributed by atoms with van der Waals surface area (Å²) in [6, 6.07) is 8.63. The van der Waals surface area contributed by atoms with Gasteiger partial charge in [-0.3, -0.25) is 0 Å². The number of hydrogen-bond donors (Lipinski definition) is 2. The number of aliphatic hydroxyl groups is 1. The molecule has 0 saturated carbocycles. The number of aliphatic hydroxyl groups excluding tert-OH is 1. The Morgan fingerprint density at radius 3 is 2.71 bits per heavy atom. The molecular weight excluding hydrogens is 212 g/mol. The standard InChI is InChI=1S/C14H22N2O/c17-11-5-8-15-12-13-6-1-2-7-14(13)16-9-3-4-10-16/h1-2,6-7,15,17H,3-5,8-12H2. The summed E-state index contributed by atoms with van der Waals surface area (Å²) in [6.07, 6.45) is 3.45. The van der Waals surface area contributed by atoms with Crippen molar-refractivity contribution in [2.24, 2.45) is 0 Å². The molecule has 1 aromatic carbocycles. The summed E-state index contributed by atoms with van der Waals surface area (Å²) in [4.78, 5) is 2.48. The number of para-hydroxylation sites is 1. The third kappa shape index (κ3) is 3.45. The van der Waals surface area contributed by atoms with E-state index in [9.17, 15) is 0 Å². The van der Waals surface area contributed by atoms with Crippen LogP contribution in [0.3, 0.4) is 0 Å². The highest BCUT2D eigenvalue weighted by Gasteiger charge is 2.14. The lowest BCUT2D eigenvalue weighted by Gasteiger charge is -2.21. The van der Waals surface area contributed by atoms with Gasteiger partial charge >= 0.3 is 0 Å². The summed E-state index contributed by atoms with van der Waals surface area (Å²) in [6.45, 7) is 4.42. The Morgan fingerprint density at radius 2 is 1.94 bits per heavy atom. The van der Waals surface area contributed by atoms with Crippen molar-refractivity contribution in [3.05, 3.63) is 29.8 Å². The van der Waals surface area contributed by atoms with Crippen LogP contribution in [-0.4, -0.2) is 31.3 Å². The van der Waals surface area contributed by atoms with Crippen LogP contribution in [0.4, 0.5) is 5.69 Å². The van der Waals surface area contributed by atoms with Crippen LogP contribution in [0.5, 0.6) is 0 Å². The van der Waals surface area contributed by atoms with Gasteiger partial charge in [-0.25, -0.2) is 0 Å². The van der Waals surface area contributed by atoms with Crippen molar-refractivity contribution in [2.45, 2.75) is 25.8 Å². The lowest BCUT2D eigenvalue weighted by atomic mass is 10.1. The van der Waals surface area contributed by atoms with E-state index in [1.165, 1.54) is 37.2 Å². The van der Waals surface area contributed by atoms with E-state index in [0.717, 1.165) is 19.5 Å². The van der Waals surface area contributed by atoms with Crippen molar-refractivity contribution in [1.82, 2.24) is 5.32 Å². The molecule has 94 valence electrons. The highest BCUT2D eigenvalue weighted by atomic mass is 16.3. The van der Waals surface area contributed by atoms with Crippen LogP contribution in [0, 0.1) is 0 Å². The normalized spacial score (nSPS) is 15.5. The fourth-order valence-corrected chi connectivity index (χ4v) is 2.35. The fraction of sp³-hybridized carbons (Fsp3) is 0.571. The molecule has 0 aliphatic carbocycles. The molecule has 3 heteroatoms. The quantitative estimate of drug-likeness (QED) is 0.736. The van der Waals surface area contributed by atoms with Crippen LogP contribution in [0.2, 0.25) is 0 Å². The highest BCUT2D eigenvalue weighted by Crippen LogP contribution is 2.24. The van der Waals surface area contributed by atoms with Gasteiger partial charge in [0.2, 0.25) is 0 Å². The maximum Gasteiger partial charge on any atom is 0.0443 e. The van der Waals surface area contributed by atoms with Crippen LogP contribution in [0.25, 0.3) is 0 Å². The van der Waals surface area contributed by atoms with Crippen LogP contribution < -0.4 is 10.2 Å². The number of benzene rings is 1. The Kier molecular flexibility index (Phi) is 4.83. The second kappa shape index (κ2) is 6.62. The Morgan fingerprint density at radius 1 is 1.18 bits per heavy atom. The predicted octanol–water partition coefficient (Wildman–Crippen LogP) is 1.76. The highest BCUT2D eigenvalue weighted by molar-refractivity contribution is 5.54. The van der Waals surface area contributed by atoms with Crippen LogP contribution >= 0.6 is 0 Å². The van der Waals surface area contributed by atoms with Crippen LogP contribution in [0.15, 0.2) is 24.3 Å². The molecule has 2 N–H and O–H groups in total. The molecule has 1 saturated heterocycles. The van der Waals surface area contributed by atoms with Crippen molar-refractivity contribution >= 4 is 5.69 Å². The van der Waals surface area contributed by atoms with Crippen LogP contribution in [0.1, 0.15) is 24.8 Å². The average molecular weight is 234 g/mol. The molecule has 1 heterocycles. The molecule has 0 unspecified atom stereocenters. The molecule has 3 nitrogen and oxygen atoms in total. The SMILES string of the molecule is OCCCNCc1ccccc1N1CCCC1. The van der Waals surface area contributed by atoms with Gasteiger partial charge < -0.3 is 15.3 Å². The zero-order chi connectivity index (χ0) is 11.9. The van der Waals surface area contributed by atoms with E-state index in [1.54, 1.807) is 0 Å². The fourth-order valence-electron chi connectivity index (χ4n) is 2.35. The maximum absolute atomic E-state index is 8.74. The number of nitrogens with one attached hydrogen (secondary N) is 1. The molecule has 17 heavy (non-hydrogen) atoms. The minimum atomic E-state index is 0.265. The Hall–Kier alpha value is -1.06. The first-order valence-electron chi connectivity index (χ1n) is 6.56. The number of anilines is 1. The molecule has 0 atom stereocenters. The summed E-state index contributed by atoms with van der Waals surface area (Å²) in [5.74, 6) is 0. The molecule has 0 radical (unpaired) electrons. The van der Waals surface area contributed by atoms with Crippen molar-refractivity contribution < 1.29 is 5.11 Å². The van der Waals surface area contributed by atoms with E-state index in [1.807, 2.05) is 0 Å². The molecule has 1 aliphatic heterocycles. The van der Waals surface area contributed by atoms with Gasteiger partial charge in [-0.2, -0.15) is 0 Å². The minimum absolute atomic E-state index is 0.265. The second-order valence-electron chi connectivity index (χ2n) is 4.58. The zero-order valence-corrected chi connectivity index (χ0v) is 10.4. The van der Waals surface area contributed by atoms with Gasteiger partial charge in [0, 0.05) is 31.9 Å². The number of rotatable bonds is 6. The van der Waals surface area contributed by atoms with Gasteiger partial charge in [0.1, 0.15) is 0 Å². The third-order valence-corrected chi connectivity index (χ3v) is 3.27. The summed E-state index contributed by atoms with van der Waals surface area (Å²) in [5.41, 5.74) is 2.74. The summed E-state index contributed by atoms with van der Waals surface area (Å²) in [5, 5.41) is 12.1. The Balaban J connectivity index is 1.95. The molecule has 0 amide bonds. The van der Waals surface area contributed by atoms with Gasteiger partial charge in [-0.1, -0.05) is 18.2 Å². The van der Waals surface area contributed by atoms with Gasteiger partial charge in [0.25, 0.3) is 0 Å². The van der Waals surface area contributed by atoms with Crippen molar-refractivity contribution in [2.75, 3.05) is 31.1 Å².